The molecule has 1 N–H and O–H groups in total. The molecule has 0 aliphatic carbocycles. The summed E-state index contributed by atoms with van der Waals surface area (Å²) in [6.07, 6.45) is 1.86. The van der Waals surface area contributed by atoms with Crippen LogP contribution in [-0.4, -0.2) is 28.4 Å². The molecule has 0 unspecified atom stereocenters. The van der Waals surface area contributed by atoms with E-state index in [1.165, 1.54) is 6.07 Å². The van der Waals surface area contributed by atoms with Gasteiger partial charge in [-0.2, -0.15) is 5.10 Å². The Kier molecular flexibility index (Phi) is 4.67. The van der Waals surface area contributed by atoms with Crippen molar-refractivity contribution in [3.8, 4) is 0 Å². The molecule has 0 atom stereocenters. The van der Waals surface area contributed by atoms with Crippen LogP contribution in [0.4, 0.5) is 11.5 Å². The Morgan fingerprint density at radius 2 is 2.30 bits per heavy atom. The lowest BCUT2D eigenvalue weighted by molar-refractivity contribution is -0.384. The number of methoxy groups -OCH3 is 1. The first-order valence-electron chi connectivity index (χ1n) is 6.18. The third kappa shape index (κ3) is 3.79. The molecule has 7 nitrogen and oxygen atoms in total. The summed E-state index contributed by atoms with van der Waals surface area (Å²) in [7, 11) is 1.64. The highest BCUT2D eigenvalue weighted by molar-refractivity contribution is 5.38. The monoisotopic (exact) mass is 276 g/mol. The minimum Gasteiger partial charge on any atom is -0.383 e. The van der Waals surface area contributed by atoms with Gasteiger partial charge in [-0.25, -0.2) is 0 Å². The second-order valence-electron chi connectivity index (χ2n) is 4.24. The molecule has 1 aromatic heterocycles. The third-order valence-corrected chi connectivity index (χ3v) is 2.76. The fourth-order valence-corrected chi connectivity index (χ4v) is 1.74. The number of benzene rings is 1. The fraction of sp³-hybridized carbons (Fsp3) is 0.308. The molecule has 0 amide bonds. The first-order valence-corrected chi connectivity index (χ1v) is 6.18. The van der Waals surface area contributed by atoms with Gasteiger partial charge >= 0.3 is 0 Å². The summed E-state index contributed by atoms with van der Waals surface area (Å²) in [5.74, 6) is 0.729. The Morgan fingerprint density at radius 1 is 1.45 bits per heavy atom. The van der Waals surface area contributed by atoms with E-state index in [0.29, 0.717) is 19.7 Å². The number of non-ortho nitro benzene ring substituents is 1. The number of hydrogen-bond acceptors (Lipinski definition) is 5. The van der Waals surface area contributed by atoms with Crippen molar-refractivity contribution in [1.82, 2.24) is 9.78 Å². The minimum absolute atomic E-state index is 0.0925. The molecule has 0 bridgehead atoms. The van der Waals surface area contributed by atoms with E-state index in [9.17, 15) is 10.1 Å². The summed E-state index contributed by atoms with van der Waals surface area (Å²) in [6, 6.07) is 8.39. The van der Waals surface area contributed by atoms with E-state index in [4.69, 9.17) is 4.74 Å². The standard InChI is InChI=1S/C13H16N4O3/c1-20-8-7-16-6-5-13(15-16)14-10-11-3-2-4-12(9-11)17(18)19/h2-6,9H,7-8,10H2,1H3,(H,14,15). The number of hydrogen-bond donors (Lipinski definition) is 1. The van der Waals surface area contributed by atoms with Crippen LogP contribution in [0.3, 0.4) is 0 Å². The van der Waals surface area contributed by atoms with E-state index in [1.54, 1.807) is 23.9 Å². The molecular weight excluding hydrogens is 260 g/mol. The smallest absolute Gasteiger partial charge is 0.269 e. The molecule has 1 heterocycles. The van der Waals surface area contributed by atoms with Gasteiger partial charge in [0, 0.05) is 38.1 Å². The lowest BCUT2D eigenvalue weighted by Gasteiger charge is -2.03. The normalized spacial score (nSPS) is 10.4. The number of nitrogens with zero attached hydrogens (tertiary/aromatic N) is 3. The highest BCUT2D eigenvalue weighted by Crippen LogP contribution is 2.14. The number of anilines is 1. The van der Waals surface area contributed by atoms with Crippen molar-refractivity contribution in [2.24, 2.45) is 0 Å². The highest BCUT2D eigenvalue weighted by atomic mass is 16.6. The quantitative estimate of drug-likeness (QED) is 0.618. The Labute approximate surface area is 116 Å². The molecule has 0 saturated heterocycles. The molecule has 0 fully saturated rings. The van der Waals surface area contributed by atoms with Crippen molar-refractivity contribution >= 4 is 11.5 Å². The van der Waals surface area contributed by atoms with E-state index in [0.717, 1.165) is 11.4 Å². The summed E-state index contributed by atoms with van der Waals surface area (Å²) < 4.78 is 6.75. The molecule has 0 radical (unpaired) electrons. The molecule has 0 aliphatic heterocycles. The molecular formula is C13H16N4O3. The second-order valence-corrected chi connectivity index (χ2v) is 4.24. The maximum Gasteiger partial charge on any atom is 0.269 e. The van der Waals surface area contributed by atoms with Gasteiger partial charge in [0.2, 0.25) is 0 Å². The number of aromatic nitrogens is 2. The third-order valence-electron chi connectivity index (χ3n) is 2.76. The van der Waals surface area contributed by atoms with E-state index >= 15 is 0 Å². The van der Waals surface area contributed by atoms with Crippen LogP contribution >= 0.6 is 0 Å². The zero-order chi connectivity index (χ0) is 14.4. The van der Waals surface area contributed by atoms with Crippen LogP contribution in [0.25, 0.3) is 0 Å². The van der Waals surface area contributed by atoms with Gasteiger partial charge in [-0.1, -0.05) is 12.1 Å². The Balaban J connectivity index is 1.93. The molecule has 2 rings (SSSR count). The van der Waals surface area contributed by atoms with Gasteiger partial charge in [0.15, 0.2) is 0 Å². The predicted octanol–water partition coefficient (Wildman–Crippen LogP) is 2.05. The van der Waals surface area contributed by atoms with Crippen molar-refractivity contribution in [1.29, 1.82) is 0 Å². The maximum absolute atomic E-state index is 10.7. The zero-order valence-electron chi connectivity index (χ0n) is 11.2. The van der Waals surface area contributed by atoms with Crippen molar-refractivity contribution in [2.75, 3.05) is 19.0 Å². The minimum atomic E-state index is -0.400. The van der Waals surface area contributed by atoms with Crippen molar-refractivity contribution < 1.29 is 9.66 Å². The summed E-state index contributed by atoms with van der Waals surface area (Å²) >= 11 is 0. The average Bonchev–Trinajstić information content (AvgIpc) is 2.91. The van der Waals surface area contributed by atoms with Crippen LogP contribution in [-0.2, 0) is 17.8 Å². The maximum atomic E-state index is 10.7. The lowest BCUT2D eigenvalue weighted by atomic mass is 10.2. The largest absolute Gasteiger partial charge is 0.383 e. The molecule has 0 aliphatic rings. The van der Waals surface area contributed by atoms with Crippen LogP contribution in [0, 0.1) is 10.1 Å². The van der Waals surface area contributed by atoms with E-state index in [2.05, 4.69) is 10.4 Å². The van der Waals surface area contributed by atoms with Crippen molar-refractivity contribution in [3.63, 3.8) is 0 Å². The summed E-state index contributed by atoms with van der Waals surface area (Å²) in [6.45, 7) is 1.78. The molecule has 106 valence electrons. The molecule has 7 heteroatoms. The second kappa shape index (κ2) is 6.67. The lowest BCUT2D eigenvalue weighted by Crippen LogP contribution is -2.06. The molecule has 20 heavy (non-hydrogen) atoms. The zero-order valence-corrected chi connectivity index (χ0v) is 11.2. The fourth-order valence-electron chi connectivity index (χ4n) is 1.74. The number of nitrogens with one attached hydrogen (secondary N) is 1. The van der Waals surface area contributed by atoms with Crippen molar-refractivity contribution in [3.05, 3.63) is 52.2 Å². The Morgan fingerprint density at radius 3 is 3.05 bits per heavy atom. The van der Waals surface area contributed by atoms with Crippen LogP contribution in [0.5, 0.6) is 0 Å². The first kappa shape index (κ1) is 14.0. The molecule has 1 aromatic carbocycles. The van der Waals surface area contributed by atoms with Gasteiger partial charge in [-0.05, 0) is 5.56 Å². The van der Waals surface area contributed by atoms with Gasteiger partial charge < -0.3 is 10.1 Å². The average molecular weight is 276 g/mol. The molecule has 2 aromatic rings. The van der Waals surface area contributed by atoms with Crippen LogP contribution in [0.1, 0.15) is 5.56 Å². The summed E-state index contributed by atoms with van der Waals surface area (Å²) in [5, 5.41) is 18.1. The van der Waals surface area contributed by atoms with Gasteiger partial charge in [-0.3, -0.25) is 14.8 Å². The number of rotatable bonds is 7. The van der Waals surface area contributed by atoms with Gasteiger partial charge in [-0.15, -0.1) is 0 Å². The number of ether oxygens (including phenoxy) is 1. The van der Waals surface area contributed by atoms with Crippen LogP contribution in [0.15, 0.2) is 36.5 Å². The van der Waals surface area contributed by atoms with E-state index in [1.807, 2.05) is 18.3 Å². The van der Waals surface area contributed by atoms with Gasteiger partial charge in [0.25, 0.3) is 5.69 Å². The van der Waals surface area contributed by atoms with Gasteiger partial charge in [0.1, 0.15) is 5.82 Å². The Bertz CT molecular complexity index is 583. The Hall–Kier alpha value is -2.41. The highest BCUT2D eigenvalue weighted by Gasteiger charge is 2.05. The number of nitro groups is 1. The summed E-state index contributed by atoms with van der Waals surface area (Å²) in [4.78, 5) is 10.3. The predicted molar refractivity (Wildman–Crippen MR) is 74.5 cm³/mol. The van der Waals surface area contributed by atoms with Crippen molar-refractivity contribution in [2.45, 2.75) is 13.1 Å². The van der Waals surface area contributed by atoms with E-state index < -0.39 is 4.92 Å². The number of nitro benzene ring substituents is 1. The summed E-state index contributed by atoms with van der Waals surface area (Å²) in [5.41, 5.74) is 0.931. The van der Waals surface area contributed by atoms with E-state index in [-0.39, 0.29) is 5.69 Å². The topological polar surface area (TPSA) is 82.2 Å². The molecule has 0 saturated carbocycles. The van der Waals surface area contributed by atoms with Crippen LogP contribution < -0.4 is 5.32 Å². The SMILES string of the molecule is COCCn1ccc(NCc2cccc([N+](=O)[O-])c2)n1. The first-order chi connectivity index (χ1) is 9.69. The molecule has 0 spiro atoms. The van der Waals surface area contributed by atoms with Crippen LogP contribution in [0.2, 0.25) is 0 Å². The van der Waals surface area contributed by atoms with Gasteiger partial charge in [0.05, 0.1) is 18.1 Å².